The molecule has 1 N–H and O–H groups in total. The van der Waals surface area contributed by atoms with E-state index in [0.29, 0.717) is 6.42 Å². The minimum Gasteiger partial charge on any atom is -0.478 e. The summed E-state index contributed by atoms with van der Waals surface area (Å²) in [6.07, 6.45) is 2.89. The number of rotatable bonds is 9. The van der Waals surface area contributed by atoms with E-state index >= 15 is 0 Å². The van der Waals surface area contributed by atoms with E-state index in [1.54, 1.807) is 19.1 Å². The average molecular weight is 282 g/mol. The van der Waals surface area contributed by atoms with Gasteiger partial charge in [-0.05, 0) is 31.0 Å². The highest BCUT2D eigenvalue weighted by atomic mass is 19.1. The van der Waals surface area contributed by atoms with Crippen LogP contribution in [0.25, 0.3) is 0 Å². The number of hydrogen-bond acceptors (Lipinski definition) is 2. The second kappa shape index (κ2) is 8.69. The molecule has 0 aliphatic rings. The third kappa shape index (κ3) is 5.70. The lowest BCUT2D eigenvalue weighted by Crippen LogP contribution is -2.10. The van der Waals surface area contributed by atoms with Gasteiger partial charge >= 0.3 is 5.97 Å². The first kappa shape index (κ1) is 16.6. The molecule has 0 aromatic heterocycles. The number of unbranched alkanes of at least 4 members (excludes halogenated alkanes) is 3. The van der Waals surface area contributed by atoms with E-state index in [4.69, 9.17) is 9.84 Å². The standard InChI is InChI=1S/C16H23FO3/c1-3-4-5-6-7-15(17)20-12(2)13-8-10-14(11-9-13)16(18)19/h8-12,15H,3-7H2,1-2H3,(H,18,19). The second-order valence-corrected chi connectivity index (χ2v) is 4.96. The molecule has 0 spiro atoms. The van der Waals surface area contributed by atoms with Gasteiger partial charge in [0.15, 0.2) is 6.36 Å². The van der Waals surface area contributed by atoms with Crippen LogP contribution in [0.3, 0.4) is 0 Å². The fourth-order valence-electron chi connectivity index (χ4n) is 2.00. The van der Waals surface area contributed by atoms with Crippen molar-refractivity contribution in [2.24, 2.45) is 0 Å². The summed E-state index contributed by atoms with van der Waals surface area (Å²) < 4.78 is 19.0. The maximum absolute atomic E-state index is 13.7. The number of carboxylic acids is 1. The van der Waals surface area contributed by atoms with Gasteiger partial charge in [-0.25, -0.2) is 9.18 Å². The number of carbonyl (C=O) groups is 1. The quantitative estimate of drug-likeness (QED) is 0.666. The Kier molecular flexibility index (Phi) is 7.23. The Balaban J connectivity index is 2.41. The highest BCUT2D eigenvalue weighted by Gasteiger charge is 2.14. The lowest BCUT2D eigenvalue weighted by molar-refractivity contribution is -0.0852. The van der Waals surface area contributed by atoms with E-state index in [-0.39, 0.29) is 11.7 Å². The van der Waals surface area contributed by atoms with Crippen molar-refractivity contribution in [3.63, 3.8) is 0 Å². The van der Waals surface area contributed by atoms with E-state index in [1.807, 2.05) is 0 Å². The molecule has 0 aliphatic heterocycles. The summed E-state index contributed by atoms with van der Waals surface area (Å²) in [5, 5.41) is 8.81. The Morgan fingerprint density at radius 2 is 1.90 bits per heavy atom. The van der Waals surface area contributed by atoms with Gasteiger partial charge in [0.2, 0.25) is 0 Å². The van der Waals surface area contributed by atoms with Gasteiger partial charge in [-0.15, -0.1) is 0 Å². The Labute approximate surface area is 119 Å². The number of halogens is 1. The molecule has 0 saturated heterocycles. The summed E-state index contributed by atoms with van der Waals surface area (Å²) >= 11 is 0. The molecule has 2 unspecified atom stereocenters. The molecule has 20 heavy (non-hydrogen) atoms. The first-order valence-corrected chi connectivity index (χ1v) is 7.17. The molecule has 1 aromatic rings. The Morgan fingerprint density at radius 1 is 1.25 bits per heavy atom. The van der Waals surface area contributed by atoms with Crippen LogP contribution < -0.4 is 0 Å². The van der Waals surface area contributed by atoms with Gasteiger partial charge in [-0.3, -0.25) is 0 Å². The molecule has 4 heteroatoms. The summed E-state index contributed by atoms with van der Waals surface area (Å²) in [5.41, 5.74) is 1.00. The average Bonchev–Trinajstić information content (AvgIpc) is 2.43. The molecule has 0 saturated carbocycles. The Morgan fingerprint density at radius 3 is 2.45 bits per heavy atom. The van der Waals surface area contributed by atoms with Crippen molar-refractivity contribution in [1.82, 2.24) is 0 Å². The van der Waals surface area contributed by atoms with Crippen molar-refractivity contribution in [3.8, 4) is 0 Å². The zero-order chi connectivity index (χ0) is 15.0. The van der Waals surface area contributed by atoms with Crippen LogP contribution in [0.4, 0.5) is 4.39 Å². The Bertz CT molecular complexity index is 403. The predicted molar refractivity (Wildman–Crippen MR) is 76.6 cm³/mol. The molecular formula is C16H23FO3. The summed E-state index contributed by atoms with van der Waals surface area (Å²) in [7, 11) is 0. The largest absolute Gasteiger partial charge is 0.478 e. The maximum atomic E-state index is 13.7. The minimum absolute atomic E-state index is 0.220. The van der Waals surface area contributed by atoms with Gasteiger partial charge < -0.3 is 9.84 Å². The number of aromatic carboxylic acids is 1. The lowest BCUT2D eigenvalue weighted by Gasteiger charge is -2.17. The topological polar surface area (TPSA) is 46.5 Å². The molecule has 1 aromatic carbocycles. The van der Waals surface area contributed by atoms with Gasteiger partial charge in [0.1, 0.15) is 0 Å². The van der Waals surface area contributed by atoms with Crippen LogP contribution in [0, 0.1) is 0 Å². The number of ether oxygens (including phenoxy) is 1. The first-order valence-electron chi connectivity index (χ1n) is 7.17. The zero-order valence-electron chi connectivity index (χ0n) is 12.1. The third-order valence-corrected chi connectivity index (χ3v) is 3.26. The van der Waals surface area contributed by atoms with Crippen molar-refractivity contribution in [2.75, 3.05) is 0 Å². The van der Waals surface area contributed by atoms with Crippen LogP contribution >= 0.6 is 0 Å². The van der Waals surface area contributed by atoms with Crippen molar-refractivity contribution in [2.45, 2.75) is 58.4 Å². The van der Waals surface area contributed by atoms with Crippen LogP contribution in [0.15, 0.2) is 24.3 Å². The normalized spacial score (nSPS) is 13.9. The Hall–Kier alpha value is -1.42. The molecule has 0 aliphatic carbocycles. The number of carboxylic acid groups (broad SMARTS) is 1. The highest BCUT2D eigenvalue weighted by molar-refractivity contribution is 5.87. The summed E-state index contributed by atoms with van der Waals surface area (Å²) in [4.78, 5) is 10.7. The molecular weight excluding hydrogens is 259 g/mol. The minimum atomic E-state index is -1.26. The first-order chi connectivity index (χ1) is 9.54. The van der Waals surface area contributed by atoms with E-state index < -0.39 is 12.3 Å². The fraction of sp³-hybridized carbons (Fsp3) is 0.562. The number of benzene rings is 1. The van der Waals surface area contributed by atoms with Crippen molar-refractivity contribution >= 4 is 5.97 Å². The molecule has 0 bridgehead atoms. The monoisotopic (exact) mass is 282 g/mol. The highest BCUT2D eigenvalue weighted by Crippen LogP contribution is 2.22. The summed E-state index contributed by atoms with van der Waals surface area (Å²) in [6.45, 7) is 3.89. The fourth-order valence-corrected chi connectivity index (χ4v) is 2.00. The van der Waals surface area contributed by atoms with Crippen LogP contribution in [0.5, 0.6) is 0 Å². The molecule has 0 heterocycles. The SMILES string of the molecule is CCCCCCC(F)OC(C)c1ccc(C(=O)O)cc1. The number of hydrogen-bond donors (Lipinski definition) is 1. The van der Waals surface area contributed by atoms with E-state index in [9.17, 15) is 9.18 Å². The molecule has 0 radical (unpaired) electrons. The van der Waals surface area contributed by atoms with Crippen molar-refractivity contribution in [3.05, 3.63) is 35.4 Å². The van der Waals surface area contributed by atoms with Gasteiger partial charge in [-0.2, -0.15) is 0 Å². The molecule has 1 rings (SSSR count). The van der Waals surface area contributed by atoms with Gasteiger partial charge in [-0.1, -0.05) is 38.3 Å². The third-order valence-electron chi connectivity index (χ3n) is 3.26. The van der Waals surface area contributed by atoms with E-state index in [1.165, 1.54) is 12.1 Å². The van der Waals surface area contributed by atoms with E-state index in [0.717, 1.165) is 31.2 Å². The van der Waals surface area contributed by atoms with Crippen molar-refractivity contribution < 1.29 is 19.0 Å². The second-order valence-electron chi connectivity index (χ2n) is 4.96. The summed E-state index contributed by atoms with van der Waals surface area (Å²) in [5.74, 6) is -0.968. The molecule has 0 fully saturated rings. The molecule has 112 valence electrons. The smallest absolute Gasteiger partial charge is 0.335 e. The van der Waals surface area contributed by atoms with Gasteiger partial charge in [0.05, 0.1) is 11.7 Å². The molecule has 2 atom stereocenters. The maximum Gasteiger partial charge on any atom is 0.335 e. The van der Waals surface area contributed by atoms with Crippen LogP contribution in [-0.4, -0.2) is 17.4 Å². The van der Waals surface area contributed by atoms with Crippen LogP contribution in [0.1, 0.15) is 68.0 Å². The van der Waals surface area contributed by atoms with E-state index in [2.05, 4.69) is 6.92 Å². The lowest BCUT2D eigenvalue weighted by atomic mass is 10.1. The molecule has 0 amide bonds. The predicted octanol–water partition coefficient (Wildman–Crippen LogP) is 4.73. The van der Waals surface area contributed by atoms with Crippen molar-refractivity contribution in [1.29, 1.82) is 0 Å². The van der Waals surface area contributed by atoms with Crippen LogP contribution in [0.2, 0.25) is 0 Å². The van der Waals surface area contributed by atoms with Gasteiger partial charge in [0.25, 0.3) is 0 Å². The van der Waals surface area contributed by atoms with Crippen LogP contribution in [-0.2, 0) is 4.74 Å². The molecule has 3 nitrogen and oxygen atoms in total. The van der Waals surface area contributed by atoms with Gasteiger partial charge in [0, 0.05) is 6.42 Å². The number of alkyl halides is 1. The zero-order valence-corrected chi connectivity index (χ0v) is 12.1. The summed E-state index contributed by atoms with van der Waals surface area (Å²) in [6, 6.07) is 6.34.